The average Bonchev–Trinajstić information content (AvgIpc) is 3.42. The molecule has 0 unspecified atom stereocenters. The summed E-state index contributed by atoms with van der Waals surface area (Å²) in [6.45, 7) is 2.29. The van der Waals surface area contributed by atoms with Crippen molar-refractivity contribution in [3.05, 3.63) is 124 Å². The summed E-state index contributed by atoms with van der Waals surface area (Å²) in [6.07, 6.45) is -3.49. The number of carbonyl (C=O) groups excluding carboxylic acids is 1. The highest BCUT2D eigenvalue weighted by Gasteiger charge is 2.37. The summed E-state index contributed by atoms with van der Waals surface area (Å²) in [7, 11) is 0. The molecule has 1 fully saturated rings. The maximum Gasteiger partial charge on any atom is 0.433 e. The average molecular weight is 621 g/mol. The van der Waals surface area contributed by atoms with Crippen molar-refractivity contribution in [1.29, 1.82) is 0 Å². The molecule has 0 bridgehead atoms. The highest BCUT2D eigenvalue weighted by atomic mass is 79.9. The number of quaternary nitrogens is 1. The number of alkyl halides is 3. The Kier molecular flexibility index (Phi) is 7.35. The Morgan fingerprint density at radius 2 is 1.46 bits per heavy atom. The fourth-order valence-corrected chi connectivity index (χ4v) is 5.76. The standard InChI is InChI=1S/C31H25BrF3N5O/c32-24-13-11-21(12-14-24)26-19-27(31(33,34)35)40-29(37-26)25(20-36-40)30(41)39-17-15-38(16-18-39)28(22-7-3-1-4-8-22)23-9-5-2-6-10-23/h1-14,19-20,28H,15-18H2/p+1. The van der Waals surface area contributed by atoms with E-state index in [2.05, 4.69) is 50.3 Å². The lowest BCUT2D eigenvalue weighted by Crippen LogP contribution is -3.15. The summed E-state index contributed by atoms with van der Waals surface area (Å²) in [5, 5.41) is 3.95. The zero-order chi connectivity index (χ0) is 28.6. The molecule has 3 heterocycles. The number of fused-ring (bicyclic) bond motifs is 1. The molecular formula is C31H26BrF3N5O+. The van der Waals surface area contributed by atoms with Crippen LogP contribution in [0.5, 0.6) is 0 Å². The van der Waals surface area contributed by atoms with Gasteiger partial charge in [0.2, 0.25) is 0 Å². The van der Waals surface area contributed by atoms with Gasteiger partial charge in [0.05, 0.1) is 38.1 Å². The number of hydrogen-bond donors (Lipinski definition) is 1. The van der Waals surface area contributed by atoms with Gasteiger partial charge in [0.1, 0.15) is 11.6 Å². The van der Waals surface area contributed by atoms with Crippen LogP contribution in [0.2, 0.25) is 0 Å². The Morgan fingerprint density at radius 3 is 2.02 bits per heavy atom. The molecule has 1 N–H and O–H groups in total. The maximum absolute atomic E-state index is 14.0. The zero-order valence-corrected chi connectivity index (χ0v) is 23.4. The third-order valence-electron chi connectivity index (χ3n) is 7.50. The van der Waals surface area contributed by atoms with Crippen molar-refractivity contribution in [2.75, 3.05) is 26.2 Å². The summed E-state index contributed by atoms with van der Waals surface area (Å²) < 4.78 is 43.7. The van der Waals surface area contributed by atoms with Crippen molar-refractivity contribution in [2.24, 2.45) is 0 Å². The molecule has 0 atom stereocenters. The molecule has 1 aliphatic rings. The van der Waals surface area contributed by atoms with Crippen LogP contribution >= 0.6 is 15.9 Å². The Hall–Kier alpha value is -4.02. The van der Waals surface area contributed by atoms with E-state index in [9.17, 15) is 18.0 Å². The molecule has 2 aromatic heterocycles. The lowest BCUT2D eigenvalue weighted by atomic mass is 9.96. The molecule has 5 aromatic rings. The second-order valence-electron chi connectivity index (χ2n) is 10.0. The molecule has 1 amide bonds. The van der Waals surface area contributed by atoms with E-state index in [-0.39, 0.29) is 28.9 Å². The van der Waals surface area contributed by atoms with E-state index in [1.54, 1.807) is 29.2 Å². The normalized spacial score (nSPS) is 14.6. The molecule has 10 heteroatoms. The van der Waals surface area contributed by atoms with Crippen molar-refractivity contribution in [2.45, 2.75) is 12.2 Å². The highest BCUT2D eigenvalue weighted by molar-refractivity contribution is 9.10. The number of aromatic nitrogens is 3. The van der Waals surface area contributed by atoms with Crippen LogP contribution in [0.1, 0.15) is 33.2 Å². The summed E-state index contributed by atoms with van der Waals surface area (Å²) in [5.41, 5.74) is 1.98. The molecule has 3 aromatic carbocycles. The fraction of sp³-hybridized carbons (Fsp3) is 0.194. The Bertz CT molecular complexity index is 1630. The molecule has 0 radical (unpaired) electrons. The number of rotatable bonds is 5. The minimum absolute atomic E-state index is 0.0561. The van der Waals surface area contributed by atoms with E-state index < -0.39 is 11.9 Å². The SMILES string of the molecule is O=C(c1cnn2c(C(F)(F)F)cc(-c3ccc(Br)cc3)nc12)N1CC[NH+](C(c2ccccc2)c2ccccc2)CC1. The quantitative estimate of drug-likeness (QED) is 0.290. The van der Waals surface area contributed by atoms with Gasteiger partial charge in [-0.1, -0.05) is 88.7 Å². The van der Waals surface area contributed by atoms with E-state index >= 15 is 0 Å². The number of hydrogen-bond acceptors (Lipinski definition) is 3. The summed E-state index contributed by atoms with van der Waals surface area (Å²) in [4.78, 5) is 21.2. The molecule has 0 saturated carbocycles. The minimum atomic E-state index is -4.68. The van der Waals surface area contributed by atoms with Gasteiger partial charge >= 0.3 is 6.18 Å². The van der Waals surface area contributed by atoms with Crippen molar-refractivity contribution in [1.82, 2.24) is 19.5 Å². The predicted molar refractivity (Wildman–Crippen MR) is 152 cm³/mol. The summed E-state index contributed by atoms with van der Waals surface area (Å²) >= 11 is 3.35. The molecule has 41 heavy (non-hydrogen) atoms. The molecule has 6 rings (SSSR count). The number of amides is 1. The first-order valence-corrected chi connectivity index (χ1v) is 14.0. The highest BCUT2D eigenvalue weighted by Crippen LogP contribution is 2.33. The van der Waals surface area contributed by atoms with Gasteiger partial charge in [-0.05, 0) is 18.2 Å². The first-order valence-electron chi connectivity index (χ1n) is 13.3. The lowest BCUT2D eigenvalue weighted by molar-refractivity contribution is -0.929. The van der Waals surface area contributed by atoms with Gasteiger partial charge in [-0.2, -0.15) is 18.3 Å². The van der Waals surface area contributed by atoms with Gasteiger partial charge in [-0.3, -0.25) is 4.79 Å². The Morgan fingerprint density at radius 1 is 0.878 bits per heavy atom. The summed E-state index contributed by atoms with van der Waals surface area (Å²) in [6, 6.07) is 28.5. The fourth-order valence-electron chi connectivity index (χ4n) is 5.50. The van der Waals surface area contributed by atoms with Crippen LogP contribution < -0.4 is 4.90 Å². The number of carbonyl (C=O) groups is 1. The van der Waals surface area contributed by atoms with Crippen LogP contribution in [-0.2, 0) is 6.18 Å². The minimum Gasteiger partial charge on any atom is -0.327 e. The van der Waals surface area contributed by atoms with Crippen LogP contribution in [0.3, 0.4) is 0 Å². The van der Waals surface area contributed by atoms with Gasteiger partial charge in [-0.25, -0.2) is 9.50 Å². The van der Waals surface area contributed by atoms with Crippen molar-refractivity contribution >= 4 is 27.5 Å². The maximum atomic E-state index is 14.0. The number of nitrogens with zero attached hydrogens (tertiary/aromatic N) is 4. The van der Waals surface area contributed by atoms with Crippen molar-refractivity contribution in [3.63, 3.8) is 0 Å². The van der Waals surface area contributed by atoms with Crippen molar-refractivity contribution < 1.29 is 22.9 Å². The predicted octanol–water partition coefficient (Wildman–Crippen LogP) is 5.31. The topological polar surface area (TPSA) is 54.9 Å². The molecule has 208 valence electrons. The Balaban J connectivity index is 1.29. The Labute approximate surface area is 243 Å². The van der Waals surface area contributed by atoms with Gasteiger partial charge in [0.25, 0.3) is 5.91 Å². The van der Waals surface area contributed by atoms with Gasteiger partial charge < -0.3 is 9.80 Å². The third kappa shape index (κ3) is 5.49. The lowest BCUT2D eigenvalue weighted by Gasteiger charge is -2.37. The van der Waals surface area contributed by atoms with Crippen LogP contribution in [0.4, 0.5) is 13.2 Å². The molecule has 6 nitrogen and oxygen atoms in total. The van der Waals surface area contributed by atoms with Crippen LogP contribution in [0.25, 0.3) is 16.9 Å². The van der Waals surface area contributed by atoms with Gasteiger partial charge in [0.15, 0.2) is 11.3 Å². The first-order chi connectivity index (χ1) is 19.8. The van der Waals surface area contributed by atoms with E-state index in [0.717, 1.165) is 15.1 Å². The number of benzene rings is 3. The first kappa shape index (κ1) is 27.2. The number of nitrogens with one attached hydrogen (secondary N) is 1. The van der Waals surface area contributed by atoms with E-state index in [0.29, 0.717) is 31.7 Å². The summed E-state index contributed by atoms with van der Waals surface area (Å²) in [5.74, 6) is -0.372. The molecular weight excluding hydrogens is 595 g/mol. The molecule has 1 aliphatic heterocycles. The largest absolute Gasteiger partial charge is 0.433 e. The van der Waals surface area contributed by atoms with Gasteiger partial charge in [-0.15, -0.1) is 0 Å². The van der Waals surface area contributed by atoms with Crippen molar-refractivity contribution in [3.8, 4) is 11.3 Å². The van der Waals surface area contributed by atoms with E-state index in [4.69, 9.17) is 0 Å². The van der Waals surface area contributed by atoms with E-state index in [1.807, 2.05) is 36.4 Å². The monoisotopic (exact) mass is 620 g/mol. The van der Waals surface area contributed by atoms with Crippen LogP contribution in [0.15, 0.2) is 102 Å². The van der Waals surface area contributed by atoms with Gasteiger partial charge in [0, 0.05) is 21.2 Å². The smallest absolute Gasteiger partial charge is 0.327 e. The second kappa shape index (κ2) is 11.1. The number of piperazine rings is 1. The second-order valence-corrected chi connectivity index (χ2v) is 10.9. The molecule has 0 aliphatic carbocycles. The zero-order valence-electron chi connectivity index (χ0n) is 21.9. The molecule has 1 saturated heterocycles. The van der Waals surface area contributed by atoms with Crippen LogP contribution in [0, 0.1) is 0 Å². The third-order valence-corrected chi connectivity index (χ3v) is 8.03. The van der Waals surface area contributed by atoms with E-state index in [1.165, 1.54) is 22.2 Å². The van der Waals surface area contributed by atoms with Crippen LogP contribution in [-0.4, -0.2) is 51.6 Å². The molecule has 0 spiro atoms. The number of halogens is 4.